The fraction of sp³-hybridized carbons (Fsp3) is 0.429. The number of ether oxygens (including phenoxy) is 1. The minimum absolute atomic E-state index is 0.188. The van der Waals surface area contributed by atoms with E-state index >= 15 is 0 Å². The van der Waals surface area contributed by atoms with E-state index in [-0.39, 0.29) is 6.04 Å². The number of benzene rings is 1. The fourth-order valence-electron chi connectivity index (χ4n) is 4.25. The van der Waals surface area contributed by atoms with Crippen LogP contribution in [0.5, 0.6) is 0 Å². The van der Waals surface area contributed by atoms with Gasteiger partial charge in [-0.25, -0.2) is 13.4 Å². The van der Waals surface area contributed by atoms with Gasteiger partial charge in [0.2, 0.25) is 10.0 Å². The first kappa shape index (κ1) is 19.8. The number of nitrogens with zero attached hydrogens (tertiary/aromatic N) is 4. The normalized spacial score (nSPS) is 20.2. The summed E-state index contributed by atoms with van der Waals surface area (Å²) in [6.45, 7) is 4.30. The monoisotopic (exact) mass is 412 g/mol. The number of piperazine rings is 1. The third-order valence-corrected chi connectivity index (χ3v) is 6.98. The summed E-state index contributed by atoms with van der Waals surface area (Å²) in [5, 5.41) is 9.95. The van der Waals surface area contributed by atoms with Gasteiger partial charge in [0.15, 0.2) is 0 Å². The topological polar surface area (TPSA) is 86.5 Å². The van der Waals surface area contributed by atoms with E-state index in [2.05, 4.69) is 6.07 Å². The summed E-state index contributed by atoms with van der Waals surface area (Å²) >= 11 is 0. The Morgan fingerprint density at radius 1 is 1.21 bits per heavy atom. The third kappa shape index (κ3) is 3.73. The first-order chi connectivity index (χ1) is 13.9. The summed E-state index contributed by atoms with van der Waals surface area (Å²) in [5.41, 5.74) is 4.39. The van der Waals surface area contributed by atoms with Crippen LogP contribution in [0.15, 0.2) is 30.3 Å². The van der Waals surface area contributed by atoms with Crippen LogP contribution in [0.25, 0.3) is 11.3 Å². The Hall–Kier alpha value is -2.47. The molecule has 3 heterocycles. The standard InChI is InChI=1S/C21H24N4O3S/c1-15-13-24(9-10-25(15)29(2,26)27)21-18(12-22)17-8-11-28-14-19(17)20(23-21)16-6-4-3-5-7-16/h3-7,15H,8-11,13-14H2,1-2H3. The largest absolute Gasteiger partial charge is 0.376 e. The van der Waals surface area contributed by atoms with E-state index in [0.29, 0.717) is 50.7 Å². The van der Waals surface area contributed by atoms with Crippen molar-refractivity contribution in [3.63, 3.8) is 0 Å². The maximum atomic E-state index is 12.0. The van der Waals surface area contributed by atoms with Gasteiger partial charge >= 0.3 is 0 Å². The lowest BCUT2D eigenvalue weighted by Gasteiger charge is -2.39. The molecule has 0 bridgehead atoms. The highest BCUT2D eigenvalue weighted by Gasteiger charge is 2.33. The molecule has 1 aromatic carbocycles. The molecule has 152 valence electrons. The van der Waals surface area contributed by atoms with E-state index in [1.54, 1.807) is 0 Å². The van der Waals surface area contributed by atoms with Gasteiger partial charge < -0.3 is 9.64 Å². The van der Waals surface area contributed by atoms with Crippen molar-refractivity contribution >= 4 is 15.8 Å². The number of hydrogen-bond acceptors (Lipinski definition) is 6. The molecule has 1 aromatic heterocycles. The van der Waals surface area contributed by atoms with E-state index in [1.807, 2.05) is 42.2 Å². The van der Waals surface area contributed by atoms with Crippen molar-refractivity contribution in [1.29, 1.82) is 5.26 Å². The number of aromatic nitrogens is 1. The van der Waals surface area contributed by atoms with Crippen molar-refractivity contribution in [1.82, 2.24) is 9.29 Å². The van der Waals surface area contributed by atoms with Crippen LogP contribution < -0.4 is 4.90 Å². The Morgan fingerprint density at radius 2 is 1.97 bits per heavy atom. The van der Waals surface area contributed by atoms with Crippen LogP contribution in [-0.4, -0.2) is 56.2 Å². The van der Waals surface area contributed by atoms with Crippen molar-refractivity contribution in [2.75, 3.05) is 37.4 Å². The smallest absolute Gasteiger partial charge is 0.211 e. The van der Waals surface area contributed by atoms with Crippen LogP contribution >= 0.6 is 0 Å². The van der Waals surface area contributed by atoms with Crippen LogP contribution in [0.1, 0.15) is 23.6 Å². The Bertz CT molecular complexity index is 1060. The zero-order valence-electron chi connectivity index (χ0n) is 16.6. The molecule has 2 aromatic rings. The molecule has 1 unspecified atom stereocenters. The second-order valence-electron chi connectivity index (χ2n) is 7.57. The van der Waals surface area contributed by atoms with Crippen LogP contribution in [0.2, 0.25) is 0 Å². The van der Waals surface area contributed by atoms with Gasteiger partial charge in [0.05, 0.1) is 30.7 Å². The predicted molar refractivity (Wildman–Crippen MR) is 111 cm³/mol. The Balaban J connectivity index is 1.81. The number of hydrogen-bond donors (Lipinski definition) is 0. The van der Waals surface area contributed by atoms with Gasteiger partial charge in [0.1, 0.15) is 11.9 Å². The number of sulfonamides is 1. The molecule has 1 fully saturated rings. The van der Waals surface area contributed by atoms with E-state index in [9.17, 15) is 13.7 Å². The molecular weight excluding hydrogens is 388 g/mol. The van der Waals surface area contributed by atoms with Gasteiger partial charge in [0.25, 0.3) is 0 Å². The molecule has 0 saturated carbocycles. The zero-order chi connectivity index (χ0) is 20.6. The molecule has 2 aliphatic heterocycles. The summed E-state index contributed by atoms with van der Waals surface area (Å²) in [7, 11) is -3.26. The average molecular weight is 413 g/mol. The van der Waals surface area contributed by atoms with Crippen LogP contribution in [-0.2, 0) is 27.8 Å². The van der Waals surface area contributed by atoms with E-state index in [1.165, 1.54) is 10.6 Å². The van der Waals surface area contributed by atoms with Crippen LogP contribution in [0.4, 0.5) is 5.82 Å². The molecule has 0 aliphatic carbocycles. The lowest BCUT2D eigenvalue weighted by atomic mass is 9.93. The van der Waals surface area contributed by atoms with E-state index in [4.69, 9.17) is 9.72 Å². The highest BCUT2D eigenvalue weighted by Crippen LogP contribution is 2.35. The van der Waals surface area contributed by atoms with Gasteiger partial charge in [0, 0.05) is 36.8 Å². The number of fused-ring (bicyclic) bond motifs is 1. The SMILES string of the molecule is CC1CN(c2nc(-c3ccccc3)c3c(c2C#N)CCOC3)CCN1S(C)(=O)=O. The van der Waals surface area contributed by atoms with Gasteiger partial charge in [-0.1, -0.05) is 30.3 Å². The minimum atomic E-state index is -3.26. The van der Waals surface area contributed by atoms with E-state index < -0.39 is 10.0 Å². The van der Waals surface area contributed by atoms with Crippen molar-refractivity contribution in [2.24, 2.45) is 0 Å². The summed E-state index contributed by atoms with van der Waals surface area (Å²) < 4.78 is 31.2. The van der Waals surface area contributed by atoms with Gasteiger partial charge in [-0.15, -0.1) is 0 Å². The first-order valence-corrected chi connectivity index (χ1v) is 11.6. The summed E-state index contributed by atoms with van der Waals surface area (Å²) in [4.78, 5) is 6.98. The maximum Gasteiger partial charge on any atom is 0.211 e. The molecule has 2 aliphatic rings. The molecule has 0 radical (unpaired) electrons. The lowest BCUT2D eigenvalue weighted by molar-refractivity contribution is 0.111. The lowest BCUT2D eigenvalue weighted by Crippen LogP contribution is -2.54. The van der Waals surface area contributed by atoms with Gasteiger partial charge in [-0.05, 0) is 18.9 Å². The zero-order valence-corrected chi connectivity index (χ0v) is 17.4. The second-order valence-corrected chi connectivity index (χ2v) is 9.50. The molecule has 0 N–H and O–H groups in total. The summed E-state index contributed by atoms with van der Waals surface area (Å²) in [5.74, 6) is 0.645. The number of pyridine rings is 1. The molecule has 1 saturated heterocycles. The summed E-state index contributed by atoms with van der Waals surface area (Å²) in [6, 6.07) is 12.1. The Labute approximate surface area is 171 Å². The molecule has 8 heteroatoms. The van der Waals surface area contributed by atoms with Crippen LogP contribution in [0.3, 0.4) is 0 Å². The van der Waals surface area contributed by atoms with Crippen LogP contribution in [0, 0.1) is 11.3 Å². The average Bonchev–Trinajstić information content (AvgIpc) is 2.72. The second kappa shape index (κ2) is 7.75. The Morgan fingerprint density at radius 3 is 2.62 bits per heavy atom. The quantitative estimate of drug-likeness (QED) is 0.768. The number of nitriles is 1. The van der Waals surface area contributed by atoms with Crippen molar-refractivity contribution in [2.45, 2.75) is 26.0 Å². The first-order valence-electron chi connectivity index (χ1n) is 9.71. The van der Waals surface area contributed by atoms with E-state index in [0.717, 1.165) is 22.4 Å². The highest BCUT2D eigenvalue weighted by molar-refractivity contribution is 7.88. The number of rotatable bonds is 3. The van der Waals surface area contributed by atoms with Crippen molar-refractivity contribution in [3.8, 4) is 17.3 Å². The maximum absolute atomic E-state index is 12.0. The highest BCUT2D eigenvalue weighted by atomic mass is 32.2. The van der Waals surface area contributed by atoms with Crippen molar-refractivity contribution in [3.05, 3.63) is 47.0 Å². The molecular formula is C21H24N4O3S. The predicted octanol–water partition coefficient (Wildman–Crippen LogP) is 2.16. The number of anilines is 1. The molecule has 29 heavy (non-hydrogen) atoms. The Kier molecular flexibility index (Phi) is 5.30. The van der Waals surface area contributed by atoms with Crippen molar-refractivity contribution < 1.29 is 13.2 Å². The van der Waals surface area contributed by atoms with Gasteiger partial charge in [-0.2, -0.15) is 9.57 Å². The molecule has 7 nitrogen and oxygen atoms in total. The summed E-state index contributed by atoms with van der Waals surface area (Å²) in [6.07, 6.45) is 1.91. The molecule has 0 spiro atoms. The fourth-order valence-corrected chi connectivity index (χ4v) is 5.38. The minimum Gasteiger partial charge on any atom is -0.376 e. The third-order valence-electron chi connectivity index (χ3n) is 5.59. The molecule has 0 amide bonds. The molecule has 1 atom stereocenters. The molecule has 4 rings (SSSR count). The van der Waals surface area contributed by atoms with Gasteiger partial charge in [-0.3, -0.25) is 0 Å².